The molecule has 0 saturated carbocycles. The zero-order chi connectivity index (χ0) is 13.8. The van der Waals surface area contributed by atoms with Gasteiger partial charge >= 0.3 is 5.97 Å². The molecular weight excluding hydrogens is 242 g/mol. The van der Waals surface area contributed by atoms with Crippen LogP contribution in [0.5, 0.6) is 5.75 Å². The lowest BCUT2D eigenvalue weighted by atomic mass is 10.2. The van der Waals surface area contributed by atoms with Gasteiger partial charge in [-0.1, -0.05) is 6.07 Å². The first kappa shape index (κ1) is 13.0. The lowest BCUT2D eigenvalue weighted by Gasteiger charge is -2.20. The fourth-order valence-corrected chi connectivity index (χ4v) is 1.80. The van der Waals surface area contributed by atoms with Crippen LogP contribution in [0.1, 0.15) is 10.4 Å². The van der Waals surface area contributed by atoms with E-state index in [1.165, 1.54) is 0 Å². The number of ether oxygens (including phenoxy) is 1. The van der Waals surface area contributed by atoms with E-state index < -0.39 is 5.97 Å². The number of rotatable bonds is 4. The molecule has 2 aromatic carbocycles. The second kappa shape index (κ2) is 5.44. The van der Waals surface area contributed by atoms with Crippen LogP contribution in [-0.4, -0.2) is 25.2 Å². The van der Waals surface area contributed by atoms with E-state index in [4.69, 9.17) is 9.84 Å². The Bertz CT molecular complexity index is 578. The monoisotopic (exact) mass is 257 g/mol. The van der Waals surface area contributed by atoms with Gasteiger partial charge in [-0.3, -0.25) is 0 Å². The summed E-state index contributed by atoms with van der Waals surface area (Å²) in [5.41, 5.74) is 2.17. The van der Waals surface area contributed by atoms with Crippen molar-refractivity contribution in [2.45, 2.75) is 0 Å². The Kier molecular flexibility index (Phi) is 3.71. The van der Waals surface area contributed by atoms with E-state index in [1.54, 1.807) is 31.4 Å². The van der Waals surface area contributed by atoms with E-state index in [0.29, 0.717) is 0 Å². The molecule has 0 spiro atoms. The second-order valence-electron chi connectivity index (χ2n) is 4.11. The largest absolute Gasteiger partial charge is 0.497 e. The third-order valence-electron chi connectivity index (χ3n) is 2.94. The van der Waals surface area contributed by atoms with Crippen LogP contribution in [0.2, 0.25) is 0 Å². The van der Waals surface area contributed by atoms with Gasteiger partial charge in [0.15, 0.2) is 0 Å². The molecule has 0 heterocycles. The standard InChI is InChI=1S/C15H15NO3/c1-16(13-4-3-5-14(10-13)19-2)12-8-6-11(7-9-12)15(17)18/h3-10H,1-2H3,(H,17,18). The molecule has 0 radical (unpaired) electrons. The molecule has 0 fully saturated rings. The number of hydrogen-bond acceptors (Lipinski definition) is 3. The van der Waals surface area contributed by atoms with Gasteiger partial charge in [0.1, 0.15) is 5.75 Å². The van der Waals surface area contributed by atoms with E-state index in [-0.39, 0.29) is 5.56 Å². The fraction of sp³-hybridized carbons (Fsp3) is 0.133. The van der Waals surface area contributed by atoms with Crippen molar-refractivity contribution in [3.8, 4) is 5.75 Å². The summed E-state index contributed by atoms with van der Waals surface area (Å²) in [6, 6.07) is 14.4. The molecular formula is C15H15NO3. The van der Waals surface area contributed by atoms with Crippen LogP contribution in [0.25, 0.3) is 0 Å². The minimum Gasteiger partial charge on any atom is -0.497 e. The maximum atomic E-state index is 10.8. The SMILES string of the molecule is COc1cccc(N(C)c2ccc(C(=O)O)cc2)c1. The third-order valence-corrected chi connectivity index (χ3v) is 2.94. The van der Waals surface area contributed by atoms with E-state index in [1.807, 2.05) is 36.2 Å². The van der Waals surface area contributed by atoms with Crippen LogP contribution in [0.3, 0.4) is 0 Å². The smallest absolute Gasteiger partial charge is 0.335 e. The third kappa shape index (κ3) is 2.85. The van der Waals surface area contributed by atoms with Gasteiger partial charge in [-0.25, -0.2) is 4.79 Å². The molecule has 0 unspecified atom stereocenters. The molecule has 0 amide bonds. The zero-order valence-electron chi connectivity index (χ0n) is 10.8. The van der Waals surface area contributed by atoms with Crippen LogP contribution >= 0.6 is 0 Å². The van der Waals surface area contributed by atoms with E-state index in [0.717, 1.165) is 17.1 Å². The highest BCUT2D eigenvalue weighted by Crippen LogP contribution is 2.26. The maximum absolute atomic E-state index is 10.8. The molecule has 4 heteroatoms. The topological polar surface area (TPSA) is 49.8 Å². The van der Waals surface area contributed by atoms with Crippen molar-refractivity contribution in [1.29, 1.82) is 0 Å². The normalized spacial score (nSPS) is 10.0. The Balaban J connectivity index is 2.27. The van der Waals surface area contributed by atoms with Crippen molar-refractivity contribution in [3.05, 3.63) is 54.1 Å². The summed E-state index contributed by atoms with van der Waals surface area (Å²) in [7, 11) is 3.55. The van der Waals surface area contributed by atoms with Crippen LogP contribution in [0.4, 0.5) is 11.4 Å². The summed E-state index contributed by atoms with van der Waals surface area (Å²) < 4.78 is 5.19. The zero-order valence-corrected chi connectivity index (χ0v) is 10.8. The number of nitrogens with zero attached hydrogens (tertiary/aromatic N) is 1. The Hall–Kier alpha value is -2.49. The molecule has 0 aromatic heterocycles. The summed E-state index contributed by atoms with van der Waals surface area (Å²) in [6.45, 7) is 0. The first-order valence-corrected chi connectivity index (χ1v) is 5.83. The predicted molar refractivity (Wildman–Crippen MR) is 74.5 cm³/mol. The second-order valence-corrected chi connectivity index (χ2v) is 4.11. The van der Waals surface area contributed by atoms with Crippen LogP contribution < -0.4 is 9.64 Å². The molecule has 0 aliphatic carbocycles. The van der Waals surface area contributed by atoms with Gasteiger partial charge in [-0.05, 0) is 36.4 Å². The van der Waals surface area contributed by atoms with Crippen molar-refractivity contribution in [2.75, 3.05) is 19.1 Å². The van der Waals surface area contributed by atoms with Crippen LogP contribution in [0.15, 0.2) is 48.5 Å². The maximum Gasteiger partial charge on any atom is 0.335 e. The molecule has 0 atom stereocenters. The number of methoxy groups -OCH3 is 1. The molecule has 98 valence electrons. The molecule has 1 N–H and O–H groups in total. The summed E-state index contributed by atoms with van der Waals surface area (Å²) >= 11 is 0. The number of carboxylic acids is 1. The van der Waals surface area contributed by atoms with Crippen molar-refractivity contribution in [1.82, 2.24) is 0 Å². The Labute approximate surface area is 111 Å². The predicted octanol–water partition coefficient (Wildman–Crippen LogP) is 3.16. The molecule has 0 saturated heterocycles. The van der Waals surface area contributed by atoms with Gasteiger partial charge in [0.25, 0.3) is 0 Å². The summed E-state index contributed by atoms with van der Waals surface area (Å²) in [5, 5.41) is 8.87. The number of benzene rings is 2. The average Bonchev–Trinajstić information content (AvgIpc) is 2.46. The van der Waals surface area contributed by atoms with E-state index in [2.05, 4.69) is 0 Å². The summed E-state index contributed by atoms with van der Waals surface area (Å²) in [4.78, 5) is 12.8. The van der Waals surface area contributed by atoms with E-state index >= 15 is 0 Å². The number of carbonyl (C=O) groups is 1. The number of anilines is 2. The lowest BCUT2D eigenvalue weighted by molar-refractivity contribution is 0.0697. The fourth-order valence-electron chi connectivity index (χ4n) is 1.80. The first-order valence-electron chi connectivity index (χ1n) is 5.83. The van der Waals surface area contributed by atoms with Crippen LogP contribution in [-0.2, 0) is 0 Å². The van der Waals surface area contributed by atoms with Crippen molar-refractivity contribution in [2.24, 2.45) is 0 Å². The van der Waals surface area contributed by atoms with Gasteiger partial charge in [0.05, 0.1) is 12.7 Å². The Morgan fingerprint density at radius 3 is 2.37 bits per heavy atom. The van der Waals surface area contributed by atoms with E-state index in [9.17, 15) is 4.79 Å². The first-order chi connectivity index (χ1) is 9.11. The van der Waals surface area contributed by atoms with Crippen molar-refractivity contribution in [3.63, 3.8) is 0 Å². The molecule has 0 bridgehead atoms. The summed E-state index contributed by atoms with van der Waals surface area (Å²) in [6.07, 6.45) is 0. The Morgan fingerprint density at radius 2 is 1.79 bits per heavy atom. The minimum atomic E-state index is -0.921. The molecule has 2 rings (SSSR count). The molecule has 19 heavy (non-hydrogen) atoms. The number of aromatic carboxylic acids is 1. The lowest BCUT2D eigenvalue weighted by Crippen LogP contribution is -2.09. The highest BCUT2D eigenvalue weighted by Gasteiger charge is 2.07. The van der Waals surface area contributed by atoms with Gasteiger partial charge in [-0.15, -0.1) is 0 Å². The summed E-state index contributed by atoms with van der Waals surface area (Å²) in [5.74, 6) is -0.137. The molecule has 0 aliphatic heterocycles. The number of hydrogen-bond donors (Lipinski definition) is 1. The highest BCUT2D eigenvalue weighted by molar-refractivity contribution is 5.88. The quantitative estimate of drug-likeness (QED) is 0.914. The molecule has 4 nitrogen and oxygen atoms in total. The van der Waals surface area contributed by atoms with Crippen molar-refractivity contribution < 1.29 is 14.6 Å². The highest BCUT2D eigenvalue weighted by atomic mass is 16.5. The number of carboxylic acid groups (broad SMARTS) is 1. The Morgan fingerprint density at radius 1 is 1.11 bits per heavy atom. The van der Waals surface area contributed by atoms with Gasteiger partial charge in [0.2, 0.25) is 0 Å². The van der Waals surface area contributed by atoms with Gasteiger partial charge in [0, 0.05) is 24.5 Å². The van der Waals surface area contributed by atoms with Crippen LogP contribution in [0, 0.1) is 0 Å². The minimum absolute atomic E-state index is 0.280. The average molecular weight is 257 g/mol. The van der Waals surface area contributed by atoms with Crippen molar-refractivity contribution >= 4 is 17.3 Å². The molecule has 2 aromatic rings. The van der Waals surface area contributed by atoms with Gasteiger partial charge < -0.3 is 14.7 Å². The van der Waals surface area contributed by atoms with Gasteiger partial charge in [-0.2, -0.15) is 0 Å². The molecule has 0 aliphatic rings.